The molecular formula is C12H18BrClN2. The molecule has 0 aliphatic heterocycles. The van der Waals surface area contributed by atoms with E-state index in [1.807, 2.05) is 18.2 Å². The Morgan fingerprint density at radius 1 is 1.38 bits per heavy atom. The Bertz CT molecular complexity index is 340. The molecule has 0 fully saturated rings. The molecule has 1 unspecified atom stereocenters. The van der Waals surface area contributed by atoms with Gasteiger partial charge in [0.05, 0.1) is 0 Å². The third-order valence-electron chi connectivity index (χ3n) is 2.80. The molecule has 0 bridgehead atoms. The number of hydrogen-bond acceptors (Lipinski definition) is 2. The molecule has 0 radical (unpaired) electrons. The molecule has 0 aliphatic rings. The van der Waals surface area contributed by atoms with E-state index in [9.17, 15) is 0 Å². The SMILES string of the molecule is CCN(CC)C(CN)c1ccc(Br)cc1Cl. The van der Waals surface area contributed by atoms with Crippen LogP contribution < -0.4 is 5.73 Å². The van der Waals surface area contributed by atoms with Crippen molar-refractivity contribution in [2.75, 3.05) is 19.6 Å². The summed E-state index contributed by atoms with van der Waals surface area (Å²) in [5, 5.41) is 0.775. The first-order valence-corrected chi connectivity index (χ1v) is 6.70. The van der Waals surface area contributed by atoms with Crippen LogP contribution in [-0.2, 0) is 0 Å². The van der Waals surface area contributed by atoms with Gasteiger partial charge in [-0.05, 0) is 30.8 Å². The van der Waals surface area contributed by atoms with Gasteiger partial charge in [-0.1, -0.05) is 47.4 Å². The Hall–Kier alpha value is -0.0900. The Balaban J connectivity index is 3.03. The highest BCUT2D eigenvalue weighted by Gasteiger charge is 2.18. The number of rotatable bonds is 5. The number of benzene rings is 1. The third-order valence-corrected chi connectivity index (χ3v) is 3.62. The summed E-state index contributed by atoms with van der Waals surface area (Å²) in [6.45, 7) is 6.82. The van der Waals surface area contributed by atoms with Gasteiger partial charge in [-0.15, -0.1) is 0 Å². The molecule has 0 spiro atoms. The van der Waals surface area contributed by atoms with Gasteiger partial charge in [-0.2, -0.15) is 0 Å². The van der Waals surface area contributed by atoms with E-state index in [-0.39, 0.29) is 6.04 Å². The van der Waals surface area contributed by atoms with Gasteiger partial charge in [-0.3, -0.25) is 4.90 Å². The topological polar surface area (TPSA) is 29.3 Å². The molecule has 2 nitrogen and oxygen atoms in total. The summed E-state index contributed by atoms with van der Waals surface area (Å²) in [5.41, 5.74) is 6.96. The van der Waals surface area contributed by atoms with Crippen molar-refractivity contribution < 1.29 is 0 Å². The van der Waals surface area contributed by atoms with Crippen molar-refractivity contribution >= 4 is 27.5 Å². The number of nitrogens with zero attached hydrogens (tertiary/aromatic N) is 1. The summed E-state index contributed by atoms with van der Waals surface area (Å²) >= 11 is 9.66. The monoisotopic (exact) mass is 304 g/mol. The zero-order valence-corrected chi connectivity index (χ0v) is 12.1. The average molecular weight is 306 g/mol. The third kappa shape index (κ3) is 3.20. The van der Waals surface area contributed by atoms with E-state index in [1.165, 1.54) is 0 Å². The fourth-order valence-corrected chi connectivity index (χ4v) is 2.71. The average Bonchev–Trinajstić information content (AvgIpc) is 2.27. The van der Waals surface area contributed by atoms with E-state index in [4.69, 9.17) is 17.3 Å². The second kappa shape index (κ2) is 6.60. The second-order valence-electron chi connectivity index (χ2n) is 3.64. The first-order chi connectivity index (χ1) is 7.63. The van der Waals surface area contributed by atoms with Crippen molar-refractivity contribution in [3.05, 3.63) is 33.3 Å². The largest absolute Gasteiger partial charge is 0.329 e. The standard InChI is InChI=1S/C12H18BrClN2/c1-3-16(4-2)12(8-15)10-6-5-9(13)7-11(10)14/h5-7,12H,3-4,8,15H2,1-2H3. The lowest BCUT2D eigenvalue weighted by molar-refractivity contribution is 0.224. The van der Waals surface area contributed by atoms with Crippen LogP contribution in [0.2, 0.25) is 5.02 Å². The molecule has 1 atom stereocenters. The van der Waals surface area contributed by atoms with E-state index in [0.717, 1.165) is 28.1 Å². The maximum atomic E-state index is 6.25. The van der Waals surface area contributed by atoms with Crippen LogP contribution in [0.3, 0.4) is 0 Å². The number of hydrogen-bond donors (Lipinski definition) is 1. The summed E-state index contributed by atoms with van der Waals surface area (Å²) in [6.07, 6.45) is 0. The predicted molar refractivity (Wildman–Crippen MR) is 73.9 cm³/mol. The molecule has 0 amide bonds. The summed E-state index contributed by atoms with van der Waals surface area (Å²) < 4.78 is 0.997. The van der Waals surface area contributed by atoms with Gasteiger partial charge in [0, 0.05) is 22.1 Å². The van der Waals surface area contributed by atoms with Crippen molar-refractivity contribution in [3.63, 3.8) is 0 Å². The zero-order chi connectivity index (χ0) is 12.1. The molecule has 0 saturated heterocycles. The van der Waals surface area contributed by atoms with Gasteiger partial charge in [0.1, 0.15) is 0 Å². The highest BCUT2D eigenvalue weighted by atomic mass is 79.9. The minimum atomic E-state index is 0.204. The minimum absolute atomic E-state index is 0.204. The molecule has 2 N–H and O–H groups in total. The van der Waals surface area contributed by atoms with Crippen LogP contribution in [0.5, 0.6) is 0 Å². The van der Waals surface area contributed by atoms with Crippen molar-refractivity contribution in [1.82, 2.24) is 4.90 Å². The highest BCUT2D eigenvalue weighted by Crippen LogP contribution is 2.29. The van der Waals surface area contributed by atoms with Crippen LogP contribution in [0.25, 0.3) is 0 Å². The molecule has 0 saturated carbocycles. The smallest absolute Gasteiger partial charge is 0.0484 e. The predicted octanol–water partition coefficient (Wildman–Crippen LogP) is 3.44. The minimum Gasteiger partial charge on any atom is -0.329 e. The van der Waals surface area contributed by atoms with Crippen molar-refractivity contribution in [3.8, 4) is 0 Å². The lowest BCUT2D eigenvalue weighted by Crippen LogP contribution is -2.33. The molecular weight excluding hydrogens is 288 g/mol. The van der Waals surface area contributed by atoms with Gasteiger partial charge in [-0.25, -0.2) is 0 Å². The van der Waals surface area contributed by atoms with Crippen molar-refractivity contribution in [2.24, 2.45) is 5.73 Å². The van der Waals surface area contributed by atoms with Gasteiger partial charge in [0.15, 0.2) is 0 Å². The second-order valence-corrected chi connectivity index (χ2v) is 4.96. The van der Waals surface area contributed by atoms with Crippen LogP contribution in [-0.4, -0.2) is 24.5 Å². The quantitative estimate of drug-likeness (QED) is 0.903. The van der Waals surface area contributed by atoms with Crippen LogP contribution in [0.15, 0.2) is 22.7 Å². The van der Waals surface area contributed by atoms with Crippen LogP contribution in [0.4, 0.5) is 0 Å². The normalized spacial score (nSPS) is 13.1. The first kappa shape index (κ1) is 14.0. The Morgan fingerprint density at radius 2 is 2.00 bits per heavy atom. The molecule has 90 valence electrons. The van der Waals surface area contributed by atoms with Crippen molar-refractivity contribution in [1.29, 1.82) is 0 Å². The number of likely N-dealkylation sites (N-methyl/N-ethyl adjacent to an activating group) is 1. The molecule has 0 aromatic heterocycles. The van der Waals surface area contributed by atoms with E-state index < -0.39 is 0 Å². The highest BCUT2D eigenvalue weighted by molar-refractivity contribution is 9.10. The van der Waals surface area contributed by atoms with Crippen molar-refractivity contribution in [2.45, 2.75) is 19.9 Å². The molecule has 1 rings (SSSR count). The van der Waals surface area contributed by atoms with E-state index in [0.29, 0.717) is 6.54 Å². The van der Waals surface area contributed by atoms with E-state index in [1.54, 1.807) is 0 Å². The van der Waals surface area contributed by atoms with Crippen LogP contribution in [0, 0.1) is 0 Å². The Morgan fingerprint density at radius 3 is 2.44 bits per heavy atom. The molecule has 0 aliphatic carbocycles. The Labute approximate surface area is 111 Å². The zero-order valence-electron chi connectivity index (χ0n) is 9.71. The molecule has 0 heterocycles. The lowest BCUT2D eigenvalue weighted by Gasteiger charge is -2.29. The maximum Gasteiger partial charge on any atom is 0.0484 e. The summed E-state index contributed by atoms with van der Waals surface area (Å²) in [5.74, 6) is 0. The number of halogens is 2. The first-order valence-electron chi connectivity index (χ1n) is 5.53. The fourth-order valence-electron chi connectivity index (χ4n) is 1.91. The van der Waals surface area contributed by atoms with E-state index >= 15 is 0 Å². The molecule has 1 aromatic rings. The Kier molecular flexibility index (Phi) is 5.76. The summed E-state index contributed by atoms with van der Waals surface area (Å²) in [6, 6.07) is 6.18. The van der Waals surface area contributed by atoms with Gasteiger partial charge >= 0.3 is 0 Å². The molecule has 1 aromatic carbocycles. The van der Waals surface area contributed by atoms with Gasteiger partial charge in [0.25, 0.3) is 0 Å². The van der Waals surface area contributed by atoms with Crippen LogP contribution >= 0.6 is 27.5 Å². The summed E-state index contributed by atoms with van der Waals surface area (Å²) in [7, 11) is 0. The molecule has 16 heavy (non-hydrogen) atoms. The fraction of sp³-hybridized carbons (Fsp3) is 0.500. The van der Waals surface area contributed by atoms with Gasteiger partial charge < -0.3 is 5.73 Å². The van der Waals surface area contributed by atoms with E-state index in [2.05, 4.69) is 34.7 Å². The van der Waals surface area contributed by atoms with Gasteiger partial charge in [0.2, 0.25) is 0 Å². The maximum absolute atomic E-state index is 6.25. The number of nitrogens with two attached hydrogens (primary N) is 1. The lowest BCUT2D eigenvalue weighted by atomic mass is 10.1. The van der Waals surface area contributed by atoms with Crippen LogP contribution in [0.1, 0.15) is 25.5 Å². The molecule has 4 heteroatoms. The summed E-state index contributed by atoms with van der Waals surface area (Å²) in [4.78, 5) is 2.31.